The second-order valence-corrected chi connectivity index (χ2v) is 6.08. The van der Waals surface area contributed by atoms with Crippen LogP contribution in [0.2, 0.25) is 0 Å². The first kappa shape index (κ1) is 17.7. The van der Waals surface area contributed by atoms with Gasteiger partial charge in [0.05, 0.1) is 12.6 Å². The van der Waals surface area contributed by atoms with Crippen molar-refractivity contribution in [2.24, 2.45) is 10.7 Å². The number of ether oxygens (including phenoxy) is 1. The van der Waals surface area contributed by atoms with Crippen molar-refractivity contribution in [3.05, 3.63) is 54.1 Å². The lowest BCUT2D eigenvalue weighted by Gasteiger charge is -2.13. The number of nitrogens with two attached hydrogens (primary N) is 1. The number of hydrogen-bond donors (Lipinski definition) is 2. The van der Waals surface area contributed by atoms with Crippen molar-refractivity contribution in [3.8, 4) is 5.75 Å². The van der Waals surface area contributed by atoms with Crippen molar-refractivity contribution in [3.63, 3.8) is 0 Å². The van der Waals surface area contributed by atoms with Crippen molar-refractivity contribution in [2.45, 2.75) is 26.5 Å². The Hall–Kier alpha value is -2.69. The van der Waals surface area contributed by atoms with Crippen LogP contribution in [-0.2, 0) is 6.54 Å². The summed E-state index contributed by atoms with van der Waals surface area (Å²) in [6, 6.07) is 15.9. The highest BCUT2D eigenvalue weighted by atomic mass is 16.5. The molecule has 5 nitrogen and oxygen atoms in total. The van der Waals surface area contributed by atoms with E-state index in [0.717, 1.165) is 22.7 Å². The molecule has 0 unspecified atom stereocenters. The highest BCUT2D eigenvalue weighted by molar-refractivity contribution is 5.92. The Morgan fingerprint density at radius 3 is 2.50 bits per heavy atom. The van der Waals surface area contributed by atoms with Gasteiger partial charge < -0.3 is 20.7 Å². The minimum atomic E-state index is 0.161. The van der Waals surface area contributed by atoms with Crippen molar-refractivity contribution >= 4 is 17.3 Å². The van der Waals surface area contributed by atoms with Gasteiger partial charge in [-0.25, -0.2) is 4.99 Å². The molecule has 0 atom stereocenters. The normalized spacial score (nSPS) is 11.5. The summed E-state index contributed by atoms with van der Waals surface area (Å²) >= 11 is 0. The topological polar surface area (TPSA) is 62.9 Å². The SMILES string of the molecule is CC(C)Oc1ccc(NC(N)=NCc2cccc(N(C)C)c2)cc1. The molecule has 0 spiro atoms. The van der Waals surface area contributed by atoms with Gasteiger partial charge in [0.25, 0.3) is 0 Å². The van der Waals surface area contributed by atoms with Crippen LogP contribution < -0.4 is 20.7 Å². The maximum absolute atomic E-state index is 5.97. The van der Waals surface area contributed by atoms with Crippen molar-refractivity contribution in [1.82, 2.24) is 0 Å². The zero-order valence-electron chi connectivity index (χ0n) is 14.8. The van der Waals surface area contributed by atoms with Crippen LogP contribution in [0.4, 0.5) is 11.4 Å². The molecule has 0 aliphatic rings. The third kappa shape index (κ3) is 5.50. The maximum Gasteiger partial charge on any atom is 0.193 e. The Bertz CT molecular complexity index is 678. The quantitative estimate of drug-likeness (QED) is 0.630. The van der Waals surface area contributed by atoms with E-state index in [9.17, 15) is 0 Å². The van der Waals surface area contributed by atoms with Gasteiger partial charge in [0.2, 0.25) is 0 Å². The van der Waals surface area contributed by atoms with Gasteiger partial charge in [0.1, 0.15) is 5.75 Å². The average Bonchev–Trinajstić information content (AvgIpc) is 2.54. The smallest absolute Gasteiger partial charge is 0.193 e. The first-order valence-electron chi connectivity index (χ1n) is 8.04. The van der Waals surface area contributed by atoms with Crippen molar-refractivity contribution in [1.29, 1.82) is 0 Å². The summed E-state index contributed by atoms with van der Waals surface area (Å²) < 4.78 is 5.62. The van der Waals surface area contributed by atoms with Crippen LogP contribution in [0.1, 0.15) is 19.4 Å². The Morgan fingerprint density at radius 2 is 1.88 bits per heavy atom. The first-order valence-corrected chi connectivity index (χ1v) is 8.04. The number of guanidine groups is 1. The molecule has 128 valence electrons. The number of nitrogens with zero attached hydrogens (tertiary/aromatic N) is 2. The lowest BCUT2D eigenvalue weighted by Crippen LogP contribution is -2.22. The molecule has 0 radical (unpaired) electrons. The van der Waals surface area contributed by atoms with Gasteiger partial charge >= 0.3 is 0 Å². The minimum absolute atomic E-state index is 0.161. The van der Waals surface area contributed by atoms with E-state index in [4.69, 9.17) is 10.5 Å². The molecule has 2 aromatic carbocycles. The summed E-state index contributed by atoms with van der Waals surface area (Å²) in [5.74, 6) is 1.23. The zero-order chi connectivity index (χ0) is 17.5. The van der Waals surface area contributed by atoms with Crippen LogP contribution in [0.3, 0.4) is 0 Å². The summed E-state index contributed by atoms with van der Waals surface area (Å²) in [6.07, 6.45) is 0.161. The first-order chi connectivity index (χ1) is 11.4. The van der Waals surface area contributed by atoms with E-state index < -0.39 is 0 Å². The Labute approximate surface area is 144 Å². The number of rotatable bonds is 6. The van der Waals surface area contributed by atoms with Gasteiger partial charge in [-0.1, -0.05) is 12.1 Å². The molecular weight excluding hydrogens is 300 g/mol. The Kier molecular flexibility index (Phi) is 6.07. The highest BCUT2D eigenvalue weighted by Crippen LogP contribution is 2.17. The molecule has 0 aromatic heterocycles. The fourth-order valence-corrected chi connectivity index (χ4v) is 2.19. The fraction of sp³-hybridized carbons (Fsp3) is 0.316. The molecule has 24 heavy (non-hydrogen) atoms. The number of nitrogens with one attached hydrogen (secondary N) is 1. The zero-order valence-corrected chi connectivity index (χ0v) is 14.8. The fourth-order valence-electron chi connectivity index (χ4n) is 2.19. The monoisotopic (exact) mass is 326 g/mol. The molecule has 0 saturated heterocycles. The lowest BCUT2D eigenvalue weighted by atomic mass is 10.2. The molecule has 2 aromatic rings. The molecule has 0 heterocycles. The van der Waals surface area contributed by atoms with E-state index in [-0.39, 0.29) is 6.10 Å². The molecule has 0 amide bonds. The largest absolute Gasteiger partial charge is 0.491 e. The van der Waals surface area contributed by atoms with E-state index in [1.807, 2.05) is 64.3 Å². The van der Waals surface area contributed by atoms with Crippen LogP contribution in [0.5, 0.6) is 5.75 Å². The molecular formula is C19H26N4O. The summed E-state index contributed by atoms with van der Waals surface area (Å²) in [5, 5.41) is 3.09. The molecule has 0 aliphatic carbocycles. The minimum Gasteiger partial charge on any atom is -0.491 e. The van der Waals surface area contributed by atoms with Gasteiger partial charge in [-0.3, -0.25) is 0 Å². The molecule has 0 fully saturated rings. The number of aliphatic imine (C=N–C) groups is 1. The molecule has 0 aliphatic heterocycles. The predicted octanol–water partition coefficient (Wildman–Crippen LogP) is 3.47. The predicted molar refractivity (Wildman–Crippen MR) is 102 cm³/mol. The summed E-state index contributed by atoms with van der Waals surface area (Å²) in [7, 11) is 4.04. The average molecular weight is 326 g/mol. The van der Waals surface area contributed by atoms with Gasteiger partial charge in [-0.05, 0) is 55.8 Å². The van der Waals surface area contributed by atoms with Crippen LogP contribution in [0, 0.1) is 0 Å². The molecule has 5 heteroatoms. The van der Waals surface area contributed by atoms with Gasteiger partial charge in [-0.15, -0.1) is 0 Å². The second-order valence-electron chi connectivity index (χ2n) is 6.08. The summed E-state index contributed by atoms with van der Waals surface area (Å²) in [4.78, 5) is 6.46. The standard InChI is InChI=1S/C19H26N4O/c1-14(2)24-18-10-8-16(9-11-18)22-19(20)21-13-15-6-5-7-17(12-15)23(3)4/h5-12,14H,13H2,1-4H3,(H3,20,21,22). The van der Waals surface area contributed by atoms with E-state index in [1.54, 1.807) is 0 Å². The molecule has 0 bridgehead atoms. The maximum atomic E-state index is 5.97. The lowest BCUT2D eigenvalue weighted by molar-refractivity contribution is 0.242. The van der Waals surface area contributed by atoms with Crippen LogP contribution in [0.25, 0.3) is 0 Å². The van der Waals surface area contributed by atoms with Crippen molar-refractivity contribution in [2.75, 3.05) is 24.3 Å². The molecule has 2 rings (SSSR count). The Balaban J connectivity index is 1.95. The molecule has 0 saturated carbocycles. The number of anilines is 2. The highest BCUT2D eigenvalue weighted by Gasteiger charge is 2.00. The van der Waals surface area contributed by atoms with Crippen LogP contribution in [0.15, 0.2) is 53.5 Å². The number of benzene rings is 2. The van der Waals surface area contributed by atoms with E-state index in [1.165, 1.54) is 0 Å². The van der Waals surface area contributed by atoms with E-state index in [2.05, 4.69) is 27.3 Å². The third-order valence-corrected chi connectivity index (χ3v) is 3.36. The second kappa shape index (κ2) is 8.24. The Morgan fingerprint density at radius 1 is 1.17 bits per heavy atom. The van der Waals surface area contributed by atoms with Crippen LogP contribution in [-0.4, -0.2) is 26.2 Å². The summed E-state index contributed by atoms with van der Waals surface area (Å²) in [6.45, 7) is 4.54. The number of hydrogen-bond acceptors (Lipinski definition) is 3. The van der Waals surface area contributed by atoms with Gasteiger partial charge in [0.15, 0.2) is 5.96 Å². The third-order valence-electron chi connectivity index (χ3n) is 3.36. The summed E-state index contributed by atoms with van der Waals surface area (Å²) in [5.41, 5.74) is 9.12. The van der Waals surface area contributed by atoms with Gasteiger partial charge in [0, 0.05) is 25.5 Å². The molecule has 3 N–H and O–H groups in total. The van der Waals surface area contributed by atoms with Crippen molar-refractivity contribution < 1.29 is 4.74 Å². The van der Waals surface area contributed by atoms with E-state index >= 15 is 0 Å². The van der Waals surface area contributed by atoms with Crippen LogP contribution >= 0.6 is 0 Å². The van der Waals surface area contributed by atoms with Gasteiger partial charge in [-0.2, -0.15) is 0 Å². The van der Waals surface area contributed by atoms with E-state index in [0.29, 0.717) is 12.5 Å².